The molecule has 5 N–H and O–H groups in total. The molecule has 1 unspecified atom stereocenters. The number of imidazole rings is 1. The summed E-state index contributed by atoms with van der Waals surface area (Å²) in [5, 5.41) is 13.7. The number of aliphatic hydroxyl groups is 1. The van der Waals surface area contributed by atoms with Crippen LogP contribution in [0.1, 0.15) is 22.8 Å². The molecular formula is C26H29N5O5. The Hall–Kier alpha value is -4.15. The van der Waals surface area contributed by atoms with Crippen LogP contribution in [0.2, 0.25) is 0 Å². The number of aliphatic hydroxyl groups excluding tert-OH is 1. The van der Waals surface area contributed by atoms with E-state index >= 15 is 0 Å². The second-order valence-corrected chi connectivity index (χ2v) is 8.62. The highest BCUT2D eigenvalue weighted by molar-refractivity contribution is 5.92. The van der Waals surface area contributed by atoms with E-state index in [0.29, 0.717) is 40.5 Å². The molecule has 0 radical (unpaired) electrons. The Balaban J connectivity index is 1.23. The number of H-pyrrole nitrogens is 1. The Bertz CT molecular complexity index is 1380. The fourth-order valence-electron chi connectivity index (χ4n) is 3.79. The number of aromatic amines is 1. The van der Waals surface area contributed by atoms with E-state index in [1.807, 2.05) is 37.3 Å². The van der Waals surface area contributed by atoms with Crippen LogP contribution in [-0.4, -0.2) is 50.8 Å². The highest BCUT2D eigenvalue weighted by Gasteiger charge is 2.13. The first-order chi connectivity index (χ1) is 17.3. The number of fused-ring (bicyclic) bond motifs is 1. The first-order valence-corrected chi connectivity index (χ1v) is 11.5. The summed E-state index contributed by atoms with van der Waals surface area (Å²) in [7, 11) is 1.67. The van der Waals surface area contributed by atoms with Crippen molar-refractivity contribution in [3.8, 4) is 17.4 Å². The van der Waals surface area contributed by atoms with Gasteiger partial charge in [-0.15, -0.1) is 0 Å². The molecule has 0 aliphatic carbocycles. The molecule has 0 bridgehead atoms. The number of nitrogens with one attached hydrogen (secondary N) is 2. The van der Waals surface area contributed by atoms with Crippen LogP contribution in [0.25, 0.3) is 11.0 Å². The molecule has 2 aromatic carbocycles. The average molecular weight is 492 g/mol. The Kier molecular flexibility index (Phi) is 7.67. The topological polar surface area (TPSA) is 144 Å². The van der Waals surface area contributed by atoms with E-state index in [2.05, 4.69) is 15.3 Å². The minimum Gasteiger partial charge on any atom is -0.489 e. The number of carbonyl (C=O) groups is 1. The Morgan fingerprint density at radius 3 is 2.67 bits per heavy atom. The number of pyridine rings is 1. The van der Waals surface area contributed by atoms with Gasteiger partial charge in [-0.1, -0.05) is 18.2 Å². The van der Waals surface area contributed by atoms with Gasteiger partial charge in [-0.3, -0.25) is 9.36 Å². The maximum atomic E-state index is 11.9. The predicted octanol–water partition coefficient (Wildman–Crippen LogP) is 2.11. The van der Waals surface area contributed by atoms with Gasteiger partial charge < -0.3 is 30.6 Å². The molecule has 0 saturated carbocycles. The van der Waals surface area contributed by atoms with Crippen molar-refractivity contribution in [3.63, 3.8) is 0 Å². The normalized spacial score (nSPS) is 12.9. The van der Waals surface area contributed by atoms with E-state index in [4.69, 9.17) is 15.2 Å². The summed E-state index contributed by atoms with van der Waals surface area (Å²) in [5.74, 6) is 1.00. The van der Waals surface area contributed by atoms with Crippen molar-refractivity contribution >= 4 is 16.9 Å². The van der Waals surface area contributed by atoms with E-state index in [9.17, 15) is 14.7 Å². The van der Waals surface area contributed by atoms with Gasteiger partial charge in [0.1, 0.15) is 29.7 Å². The number of nitrogens with two attached hydrogens (primary N) is 1. The number of amides is 1. The number of hydrogen-bond donors (Lipinski definition) is 4. The summed E-state index contributed by atoms with van der Waals surface area (Å²) >= 11 is 0. The molecule has 2 atom stereocenters. The number of hydrogen-bond acceptors (Lipinski definition) is 7. The fraction of sp³-hybridized carbons (Fsp3) is 0.269. The molecule has 4 rings (SSSR count). The SMILES string of the molecule is CC(Cc1ccc(Oc2ccc(C(N)=O)cn2)cc1)NC[C@H](O)COc1cccc2[nH]c(=O)n(C)c12. The van der Waals surface area contributed by atoms with Crippen molar-refractivity contribution in [3.05, 3.63) is 82.4 Å². The number of rotatable bonds is 11. The van der Waals surface area contributed by atoms with Crippen LogP contribution in [0, 0.1) is 0 Å². The minimum atomic E-state index is -0.720. The Morgan fingerprint density at radius 1 is 1.19 bits per heavy atom. The van der Waals surface area contributed by atoms with E-state index < -0.39 is 12.0 Å². The van der Waals surface area contributed by atoms with Gasteiger partial charge in [0, 0.05) is 31.9 Å². The molecule has 0 spiro atoms. The predicted molar refractivity (Wildman–Crippen MR) is 135 cm³/mol. The molecule has 0 aliphatic heterocycles. The second-order valence-electron chi connectivity index (χ2n) is 8.62. The molecule has 0 aliphatic rings. The quantitative estimate of drug-likeness (QED) is 0.251. The molecular weight excluding hydrogens is 462 g/mol. The summed E-state index contributed by atoms with van der Waals surface area (Å²) < 4.78 is 13.0. The molecule has 10 nitrogen and oxygen atoms in total. The number of benzene rings is 2. The van der Waals surface area contributed by atoms with Gasteiger partial charge in [-0.2, -0.15) is 0 Å². The average Bonchev–Trinajstić information content (AvgIpc) is 3.16. The molecule has 0 fully saturated rings. The van der Waals surface area contributed by atoms with Gasteiger partial charge in [0.05, 0.1) is 11.1 Å². The van der Waals surface area contributed by atoms with Gasteiger partial charge in [-0.25, -0.2) is 9.78 Å². The number of ether oxygens (including phenoxy) is 2. The maximum absolute atomic E-state index is 11.9. The zero-order valence-corrected chi connectivity index (χ0v) is 20.1. The van der Waals surface area contributed by atoms with Crippen molar-refractivity contribution < 1.29 is 19.4 Å². The molecule has 4 aromatic rings. The van der Waals surface area contributed by atoms with Crippen LogP contribution in [0.4, 0.5) is 0 Å². The molecule has 2 heterocycles. The lowest BCUT2D eigenvalue weighted by molar-refractivity contribution is 0.1000. The van der Waals surface area contributed by atoms with Gasteiger partial charge >= 0.3 is 5.69 Å². The molecule has 2 aromatic heterocycles. The monoisotopic (exact) mass is 491 g/mol. The van der Waals surface area contributed by atoms with Crippen LogP contribution in [0.15, 0.2) is 65.6 Å². The third kappa shape index (κ3) is 6.09. The third-order valence-corrected chi connectivity index (χ3v) is 5.72. The largest absolute Gasteiger partial charge is 0.489 e. The number of aryl methyl sites for hydroxylation is 1. The smallest absolute Gasteiger partial charge is 0.326 e. The van der Waals surface area contributed by atoms with Crippen molar-refractivity contribution in [2.45, 2.75) is 25.5 Å². The highest BCUT2D eigenvalue weighted by Crippen LogP contribution is 2.23. The minimum absolute atomic E-state index is 0.0959. The van der Waals surface area contributed by atoms with E-state index in [1.165, 1.54) is 10.8 Å². The lowest BCUT2D eigenvalue weighted by Gasteiger charge is -2.18. The first-order valence-electron chi connectivity index (χ1n) is 11.5. The number of nitrogens with zero attached hydrogens (tertiary/aromatic N) is 2. The number of primary amides is 1. The summed E-state index contributed by atoms with van der Waals surface area (Å²) in [6.45, 7) is 2.49. The lowest BCUT2D eigenvalue weighted by Crippen LogP contribution is -2.37. The maximum Gasteiger partial charge on any atom is 0.326 e. The summed E-state index contributed by atoms with van der Waals surface area (Å²) in [4.78, 5) is 29.8. The van der Waals surface area contributed by atoms with Gasteiger partial charge in [0.2, 0.25) is 11.8 Å². The third-order valence-electron chi connectivity index (χ3n) is 5.72. The van der Waals surface area contributed by atoms with Crippen molar-refractivity contribution in [1.29, 1.82) is 0 Å². The standard InChI is InChI=1S/C26H29N5O5/c1-16(12-17-6-9-20(10-7-17)36-23-11-8-18(13-29-23)25(27)33)28-14-19(32)15-35-22-5-3-4-21-24(22)31(2)26(34)30-21/h3-11,13,16,19,28,32H,12,14-15H2,1-2H3,(H2,27,33)(H,30,34)/t16?,19-/m0/s1. The molecule has 36 heavy (non-hydrogen) atoms. The zero-order chi connectivity index (χ0) is 25.7. The van der Waals surface area contributed by atoms with Crippen molar-refractivity contribution in [1.82, 2.24) is 19.9 Å². The second kappa shape index (κ2) is 11.1. The van der Waals surface area contributed by atoms with E-state index in [-0.39, 0.29) is 18.3 Å². The van der Waals surface area contributed by atoms with Gasteiger partial charge in [-0.05, 0) is 49.2 Å². The Morgan fingerprint density at radius 2 is 1.97 bits per heavy atom. The van der Waals surface area contributed by atoms with Crippen LogP contribution >= 0.6 is 0 Å². The van der Waals surface area contributed by atoms with Crippen molar-refractivity contribution in [2.75, 3.05) is 13.2 Å². The first kappa shape index (κ1) is 25.0. The molecule has 188 valence electrons. The highest BCUT2D eigenvalue weighted by atomic mass is 16.5. The number of carbonyl (C=O) groups excluding carboxylic acids is 1. The van der Waals surface area contributed by atoms with E-state index in [0.717, 1.165) is 12.0 Å². The van der Waals surface area contributed by atoms with E-state index in [1.54, 1.807) is 31.3 Å². The van der Waals surface area contributed by atoms with Gasteiger partial charge in [0.15, 0.2) is 0 Å². The fourth-order valence-corrected chi connectivity index (χ4v) is 3.79. The summed E-state index contributed by atoms with van der Waals surface area (Å²) in [6.07, 6.45) is 1.41. The number of aromatic nitrogens is 3. The lowest BCUT2D eigenvalue weighted by atomic mass is 10.1. The Labute approximate surface area is 207 Å². The zero-order valence-electron chi connectivity index (χ0n) is 20.1. The van der Waals surface area contributed by atoms with Crippen LogP contribution in [-0.2, 0) is 13.5 Å². The summed E-state index contributed by atoms with van der Waals surface area (Å²) in [6, 6.07) is 16.3. The summed E-state index contributed by atoms with van der Waals surface area (Å²) in [5.41, 5.74) is 7.78. The van der Waals surface area contributed by atoms with Crippen LogP contribution in [0.3, 0.4) is 0 Å². The molecule has 0 saturated heterocycles. The van der Waals surface area contributed by atoms with Crippen molar-refractivity contribution in [2.24, 2.45) is 12.8 Å². The number of para-hydroxylation sites is 1. The van der Waals surface area contributed by atoms with Crippen LogP contribution in [0.5, 0.6) is 17.4 Å². The van der Waals surface area contributed by atoms with Gasteiger partial charge in [0.25, 0.3) is 0 Å². The molecule has 10 heteroatoms. The van der Waals surface area contributed by atoms with Crippen LogP contribution < -0.4 is 26.2 Å². The molecule has 1 amide bonds.